The SMILES string of the molecule is Cc1cc(OC(F)F)cnc1C(=O)Nc1csc([C@]23CO[C@@H](C(F)(F)F)C[C@H]2COC(NC(=O)c2ccccc2)=N3)n1. The number of carbonyl (C=O) groups excluding carboxylic acids is 2. The molecular formula is C26H22F5N5O5S. The van der Waals surface area contributed by atoms with Crippen LogP contribution in [0.25, 0.3) is 0 Å². The maximum absolute atomic E-state index is 13.5. The zero-order valence-electron chi connectivity index (χ0n) is 21.7. The molecule has 2 N–H and O–H groups in total. The van der Waals surface area contributed by atoms with Crippen LogP contribution in [0.5, 0.6) is 5.75 Å². The first-order chi connectivity index (χ1) is 19.9. The predicted octanol–water partition coefficient (Wildman–Crippen LogP) is 4.68. The average Bonchev–Trinajstić information content (AvgIpc) is 3.41. The third kappa shape index (κ3) is 6.18. The fourth-order valence-corrected chi connectivity index (χ4v) is 5.55. The lowest BCUT2D eigenvalue weighted by atomic mass is 9.79. The van der Waals surface area contributed by atoms with Gasteiger partial charge in [-0.2, -0.15) is 22.0 Å². The van der Waals surface area contributed by atoms with E-state index >= 15 is 0 Å². The minimum Gasteiger partial charge on any atom is -0.465 e. The van der Waals surface area contributed by atoms with Crippen molar-refractivity contribution < 1.29 is 45.8 Å². The van der Waals surface area contributed by atoms with Crippen LogP contribution in [0.3, 0.4) is 0 Å². The van der Waals surface area contributed by atoms with Crippen molar-refractivity contribution >= 4 is 35.0 Å². The van der Waals surface area contributed by atoms with E-state index in [9.17, 15) is 31.5 Å². The van der Waals surface area contributed by atoms with Crippen LogP contribution in [0, 0.1) is 12.8 Å². The molecule has 0 unspecified atom stereocenters. The lowest BCUT2D eigenvalue weighted by Crippen LogP contribution is -2.55. The van der Waals surface area contributed by atoms with Gasteiger partial charge in [0.1, 0.15) is 27.8 Å². The van der Waals surface area contributed by atoms with E-state index in [1.54, 1.807) is 30.3 Å². The predicted molar refractivity (Wildman–Crippen MR) is 139 cm³/mol. The number of anilines is 1. The van der Waals surface area contributed by atoms with Gasteiger partial charge in [0.05, 0.1) is 19.4 Å². The van der Waals surface area contributed by atoms with Gasteiger partial charge in [-0.25, -0.2) is 15.0 Å². The van der Waals surface area contributed by atoms with E-state index in [1.165, 1.54) is 18.4 Å². The molecule has 0 radical (unpaired) electrons. The van der Waals surface area contributed by atoms with Gasteiger partial charge in [-0.15, -0.1) is 11.3 Å². The smallest absolute Gasteiger partial charge is 0.414 e. The number of benzene rings is 1. The van der Waals surface area contributed by atoms with Gasteiger partial charge in [0.2, 0.25) is 0 Å². The molecule has 0 spiro atoms. The summed E-state index contributed by atoms with van der Waals surface area (Å²) in [4.78, 5) is 38.4. The second-order valence-electron chi connectivity index (χ2n) is 9.45. The van der Waals surface area contributed by atoms with Crippen molar-refractivity contribution in [2.24, 2.45) is 10.9 Å². The molecule has 2 amide bonds. The molecule has 1 saturated heterocycles. The minimum absolute atomic E-state index is 0.0525. The van der Waals surface area contributed by atoms with E-state index < -0.39 is 55.2 Å². The third-order valence-electron chi connectivity index (χ3n) is 6.63. The number of amides is 2. The number of ether oxygens (including phenoxy) is 3. The summed E-state index contributed by atoms with van der Waals surface area (Å²) >= 11 is 1.02. The molecule has 0 saturated carbocycles. The summed E-state index contributed by atoms with van der Waals surface area (Å²) in [6.07, 6.45) is -6.15. The van der Waals surface area contributed by atoms with Gasteiger partial charge in [0, 0.05) is 16.9 Å². The Bertz CT molecular complexity index is 1500. The second kappa shape index (κ2) is 11.6. The van der Waals surface area contributed by atoms with Gasteiger partial charge in [-0.3, -0.25) is 14.9 Å². The van der Waals surface area contributed by atoms with Crippen LogP contribution in [-0.2, 0) is 15.0 Å². The zero-order valence-corrected chi connectivity index (χ0v) is 22.5. The first-order valence-corrected chi connectivity index (χ1v) is 13.3. The van der Waals surface area contributed by atoms with E-state index in [0.29, 0.717) is 5.56 Å². The molecule has 0 bridgehead atoms. The molecule has 3 atom stereocenters. The third-order valence-corrected chi connectivity index (χ3v) is 7.64. The molecule has 1 aromatic carbocycles. The van der Waals surface area contributed by atoms with Gasteiger partial charge in [0.15, 0.2) is 6.10 Å². The van der Waals surface area contributed by atoms with Crippen molar-refractivity contribution in [3.05, 3.63) is 69.8 Å². The topological polar surface area (TPSA) is 124 Å². The Hall–Kier alpha value is -4.18. The summed E-state index contributed by atoms with van der Waals surface area (Å²) in [7, 11) is 0. The van der Waals surface area contributed by atoms with E-state index in [0.717, 1.165) is 17.5 Å². The van der Waals surface area contributed by atoms with E-state index in [-0.39, 0.29) is 40.5 Å². The molecule has 0 aliphatic carbocycles. The van der Waals surface area contributed by atoms with Crippen LogP contribution in [-0.4, -0.2) is 59.9 Å². The zero-order chi connectivity index (χ0) is 30.1. The lowest BCUT2D eigenvalue weighted by molar-refractivity contribution is -0.249. The maximum Gasteiger partial charge on any atom is 0.414 e. The number of alkyl halides is 5. The first kappa shape index (κ1) is 29.3. The van der Waals surface area contributed by atoms with Crippen molar-refractivity contribution in [1.29, 1.82) is 0 Å². The number of pyridine rings is 1. The molecule has 222 valence electrons. The number of aliphatic imine (C=N–C) groups is 1. The number of aromatic nitrogens is 2. The van der Waals surface area contributed by atoms with Crippen LogP contribution >= 0.6 is 11.3 Å². The Kier molecular flexibility index (Phi) is 8.10. The Morgan fingerprint density at radius 3 is 2.62 bits per heavy atom. The van der Waals surface area contributed by atoms with Crippen LogP contribution in [0.2, 0.25) is 0 Å². The second-order valence-corrected chi connectivity index (χ2v) is 10.3. The minimum atomic E-state index is -4.61. The highest BCUT2D eigenvalue weighted by atomic mass is 32.1. The number of hydrogen-bond donors (Lipinski definition) is 2. The van der Waals surface area contributed by atoms with Crippen LogP contribution in [0.1, 0.15) is 37.8 Å². The Morgan fingerprint density at radius 2 is 1.93 bits per heavy atom. The van der Waals surface area contributed by atoms with Gasteiger partial charge in [-0.05, 0) is 37.1 Å². The number of halogens is 5. The number of carbonyl (C=O) groups is 2. The number of thiazole rings is 1. The highest BCUT2D eigenvalue weighted by molar-refractivity contribution is 7.10. The Morgan fingerprint density at radius 1 is 1.17 bits per heavy atom. The quantitative estimate of drug-likeness (QED) is 0.388. The summed E-state index contributed by atoms with van der Waals surface area (Å²) in [5.74, 6) is -2.23. The van der Waals surface area contributed by atoms with Crippen molar-refractivity contribution in [3.63, 3.8) is 0 Å². The summed E-state index contributed by atoms with van der Waals surface area (Å²) in [5, 5.41) is 6.78. The molecular weight excluding hydrogens is 589 g/mol. The summed E-state index contributed by atoms with van der Waals surface area (Å²) < 4.78 is 80.6. The fourth-order valence-electron chi connectivity index (χ4n) is 4.58. The fraction of sp³-hybridized carbons (Fsp3) is 0.346. The molecule has 2 aliphatic rings. The Labute approximate surface area is 238 Å². The van der Waals surface area contributed by atoms with E-state index in [2.05, 4.69) is 30.3 Å². The molecule has 4 heterocycles. The van der Waals surface area contributed by atoms with Crippen molar-refractivity contribution in [2.45, 2.75) is 37.8 Å². The van der Waals surface area contributed by atoms with E-state index in [4.69, 9.17) is 9.47 Å². The van der Waals surface area contributed by atoms with Crippen molar-refractivity contribution in [1.82, 2.24) is 15.3 Å². The molecule has 10 nitrogen and oxygen atoms in total. The van der Waals surface area contributed by atoms with Gasteiger partial charge < -0.3 is 19.5 Å². The van der Waals surface area contributed by atoms with Gasteiger partial charge >= 0.3 is 12.8 Å². The highest BCUT2D eigenvalue weighted by Gasteiger charge is 2.56. The standard InChI is InChI=1S/C26H22F5N5O5S/c1-13-7-16(41-23(27)28)9-32-19(13)21(38)33-18-11-42-22(34-18)25-12-40-17(26(29,30)31)8-15(25)10-39-24(36-25)35-20(37)14-5-3-2-4-6-14/h2-7,9,11,15,17,23H,8,10,12H2,1H3,(H,33,38)(H,35,36,37)/t15-,17+,25-/m0/s1. The molecule has 5 rings (SSSR count). The number of hydrogen-bond acceptors (Lipinski definition) is 9. The van der Waals surface area contributed by atoms with E-state index in [1.807, 2.05) is 0 Å². The highest BCUT2D eigenvalue weighted by Crippen LogP contribution is 2.47. The summed E-state index contributed by atoms with van der Waals surface area (Å²) in [5.41, 5.74) is -0.957. The summed E-state index contributed by atoms with van der Waals surface area (Å²) in [6.45, 7) is -2.29. The van der Waals surface area contributed by atoms with Gasteiger partial charge in [-0.1, -0.05) is 18.2 Å². The van der Waals surface area contributed by atoms with Gasteiger partial charge in [0.25, 0.3) is 17.8 Å². The normalized spacial score (nSPS) is 22.0. The number of nitrogens with zero attached hydrogens (tertiary/aromatic N) is 3. The largest absolute Gasteiger partial charge is 0.465 e. The number of rotatable bonds is 6. The molecule has 42 heavy (non-hydrogen) atoms. The molecule has 3 aromatic rings. The molecule has 16 heteroatoms. The number of amidine groups is 1. The molecule has 1 fully saturated rings. The maximum atomic E-state index is 13.5. The number of aryl methyl sites for hydroxylation is 1. The number of nitrogens with one attached hydrogen (secondary N) is 2. The molecule has 2 aromatic heterocycles. The van der Waals surface area contributed by atoms with Crippen molar-refractivity contribution in [2.75, 3.05) is 18.5 Å². The number of fused-ring (bicyclic) bond motifs is 1. The Balaban J connectivity index is 1.40. The monoisotopic (exact) mass is 611 g/mol. The summed E-state index contributed by atoms with van der Waals surface area (Å²) in [6, 6.07) is 9.21. The van der Waals surface area contributed by atoms with Crippen molar-refractivity contribution in [3.8, 4) is 5.75 Å². The first-order valence-electron chi connectivity index (χ1n) is 12.4. The lowest BCUT2D eigenvalue weighted by Gasteiger charge is -2.45. The molecule has 2 aliphatic heterocycles. The van der Waals surface area contributed by atoms with Crippen LogP contribution in [0.4, 0.5) is 27.8 Å². The van der Waals surface area contributed by atoms with Crippen LogP contribution in [0.15, 0.2) is 53.0 Å². The average molecular weight is 612 g/mol. The van der Waals surface area contributed by atoms with Crippen LogP contribution < -0.4 is 15.4 Å².